The van der Waals surface area contributed by atoms with Crippen LogP contribution in [-0.2, 0) is 4.79 Å². The molecule has 106 valence electrons. The lowest BCUT2D eigenvalue weighted by atomic mass is 10.0. The van der Waals surface area contributed by atoms with Gasteiger partial charge in [-0.15, -0.1) is 11.3 Å². The van der Waals surface area contributed by atoms with Crippen LogP contribution in [0.25, 0.3) is 10.2 Å². The highest BCUT2D eigenvalue weighted by Gasteiger charge is 2.17. The molecule has 5 nitrogen and oxygen atoms in total. The molecule has 0 bridgehead atoms. The molecule has 0 radical (unpaired) electrons. The first-order valence-corrected chi connectivity index (χ1v) is 7.34. The Balaban J connectivity index is 2.02. The molecule has 0 spiro atoms. The summed E-state index contributed by atoms with van der Waals surface area (Å²) < 4.78 is 0.945. The number of carbonyl (C=O) groups excluding carboxylic acids is 1. The van der Waals surface area contributed by atoms with Crippen molar-refractivity contribution >= 4 is 33.4 Å². The normalized spacial score (nSPS) is 12.2. The number of aliphatic carboxylic acids is 1. The Kier molecular flexibility index (Phi) is 4.68. The number of nitrogens with zero attached hydrogens (tertiary/aromatic N) is 1. The standard InChI is InChI=1S/C14H16N2O3S/c1-2-3-10(14(18)19)7-15-13(17)9-4-5-11-12(6-9)20-8-16-11/h4-6,8,10H,2-3,7H2,1H3,(H,15,17)(H,18,19). The molecule has 1 amide bonds. The van der Waals surface area contributed by atoms with Crippen LogP contribution in [0.3, 0.4) is 0 Å². The predicted octanol–water partition coefficient (Wildman–Crippen LogP) is 2.53. The first kappa shape index (κ1) is 14.5. The highest BCUT2D eigenvalue weighted by Crippen LogP contribution is 2.19. The van der Waals surface area contributed by atoms with Crippen molar-refractivity contribution in [3.8, 4) is 0 Å². The van der Waals surface area contributed by atoms with Crippen molar-refractivity contribution in [2.24, 2.45) is 5.92 Å². The summed E-state index contributed by atoms with van der Waals surface area (Å²) in [4.78, 5) is 27.2. The smallest absolute Gasteiger partial charge is 0.308 e. The van der Waals surface area contributed by atoms with E-state index in [4.69, 9.17) is 5.11 Å². The fourth-order valence-corrected chi connectivity index (χ4v) is 2.69. The molecule has 1 atom stereocenters. The maximum Gasteiger partial charge on any atom is 0.308 e. The van der Waals surface area contributed by atoms with Gasteiger partial charge in [0.2, 0.25) is 0 Å². The quantitative estimate of drug-likeness (QED) is 0.857. The minimum absolute atomic E-state index is 0.155. The van der Waals surface area contributed by atoms with Crippen LogP contribution >= 0.6 is 11.3 Å². The first-order chi connectivity index (χ1) is 9.61. The Labute approximate surface area is 120 Å². The molecular weight excluding hydrogens is 276 g/mol. The van der Waals surface area contributed by atoms with Crippen LogP contribution in [0.15, 0.2) is 23.7 Å². The van der Waals surface area contributed by atoms with Crippen molar-refractivity contribution in [3.05, 3.63) is 29.3 Å². The number of carbonyl (C=O) groups is 2. The van der Waals surface area contributed by atoms with Crippen LogP contribution in [-0.4, -0.2) is 28.5 Å². The Morgan fingerprint density at radius 1 is 1.45 bits per heavy atom. The lowest BCUT2D eigenvalue weighted by Gasteiger charge is -2.12. The van der Waals surface area contributed by atoms with E-state index in [0.29, 0.717) is 12.0 Å². The molecule has 0 aliphatic heterocycles. The topological polar surface area (TPSA) is 79.3 Å². The Hall–Kier alpha value is -1.95. The zero-order valence-electron chi connectivity index (χ0n) is 11.1. The molecule has 1 aromatic carbocycles. The number of nitrogens with one attached hydrogen (secondary N) is 1. The van der Waals surface area contributed by atoms with Crippen molar-refractivity contribution in [1.29, 1.82) is 0 Å². The molecule has 0 saturated carbocycles. The van der Waals surface area contributed by atoms with Crippen molar-refractivity contribution in [1.82, 2.24) is 10.3 Å². The maximum absolute atomic E-state index is 12.0. The second-order valence-electron chi connectivity index (χ2n) is 4.57. The number of rotatable bonds is 6. The van der Waals surface area contributed by atoms with Gasteiger partial charge < -0.3 is 10.4 Å². The molecule has 0 aliphatic rings. The summed E-state index contributed by atoms with van der Waals surface area (Å²) in [6, 6.07) is 5.27. The van der Waals surface area contributed by atoms with Crippen molar-refractivity contribution in [2.45, 2.75) is 19.8 Å². The van der Waals surface area contributed by atoms with Gasteiger partial charge in [-0.1, -0.05) is 13.3 Å². The van der Waals surface area contributed by atoms with Crippen LogP contribution < -0.4 is 5.32 Å². The van der Waals surface area contributed by atoms with Crippen molar-refractivity contribution < 1.29 is 14.7 Å². The van der Waals surface area contributed by atoms with Gasteiger partial charge in [-0.25, -0.2) is 4.98 Å². The SMILES string of the molecule is CCCC(CNC(=O)c1ccc2ncsc2c1)C(=O)O. The molecule has 2 rings (SSSR count). The van der Waals surface area contributed by atoms with E-state index in [1.165, 1.54) is 11.3 Å². The molecule has 0 saturated heterocycles. The molecular formula is C14H16N2O3S. The lowest BCUT2D eigenvalue weighted by molar-refractivity contribution is -0.141. The number of hydrogen-bond donors (Lipinski definition) is 2. The Morgan fingerprint density at radius 3 is 2.95 bits per heavy atom. The second kappa shape index (κ2) is 6.47. The average Bonchev–Trinajstić information content (AvgIpc) is 2.89. The first-order valence-electron chi connectivity index (χ1n) is 6.46. The monoisotopic (exact) mass is 292 g/mol. The molecule has 0 aliphatic carbocycles. The Morgan fingerprint density at radius 2 is 2.25 bits per heavy atom. The van der Waals surface area contributed by atoms with E-state index < -0.39 is 11.9 Å². The minimum atomic E-state index is -0.870. The van der Waals surface area contributed by atoms with Gasteiger partial charge in [0.05, 0.1) is 21.6 Å². The van der Waals surface area contributed by atoms with E-state index >= 15 is 0 Å². The number of aromatic nitrogens is 1. The Bertz CT molecular complexity index is 624. The van der Waals surface area contributed by atoms with Crippen LogP contribution in [0.5, 0.6) is 0 Å². The third-order valence-corrected chi connectivity index (χ3v) is 3.88. The highest BCUT2D eigenvalue weighted by molar-refractivity contribution is 7.16. The van der Waals surface area contributed by atoms with E-state index in [9.17, 15) is 9.59 Å². The van der Waals surface area contributed by atoms with Gasteiger partial charge in [0.1, 0.15) is 0 Å². The van der Waals surface area contributed by atoms with E-state index in [0.717, 1.165) is 16.6 Å². The van der Waals surface area contributed by atoms with Crippen LogP contribution in [0.2, 0.25) is 0 Å². The molecule has 1 heterocycles. The van der Waals surface area contributed by atoms with E-state index in [1.54, 1.807) is 23.7 Å². The number of fused-ring (bicyclic) bond motifs is 1. The fourth-order valence-electron chi connectivity index (χ4n) is 1.98. The van der Waals surface area contributed by atoms with Gasteiger partial charge in [0, 0.05) is 12.1 Å². The molecule has 6 heteroatoms. The number of hydrogen-bond acceptors (Lipinski definition) is 4. The molecule has 0 fully saturated rings. The molecule has 2 aromatic rings. The van der Waals surface area contributed by atoms with Gasteiger partial charge in [-0.2, -0.15) is 0 Å². The summed E-state index contributed by atoms with van der Waals surface area (Å²) in [5.41, 5.74) is 3.12. The third kappa shape index (κ3) is 3.33. The average molecular weight is 292 g/mol. The van der Waals surface area contributed by atoms with Crippen LogP contribution in [0.1, 0.15) is 30.1 Å². The summed E-state index contributed by atoms with van der Waals surface area (Å²) in [6.45, 7) is 2.08. The van der Waals surface area contributed by atoms with Gasteiger partial charge in [0.15, 0.2) is 0 Å². The number of carboxylic acid groups (broad SMARTS) is 1. The second-order valence-corrected chi connectivity index (χ2v) is 5.46. The van der Waals surface area contributed by atoms with Gasteiger partial charge >= 0.3 is 5.97 Å². The summed E-state index contributed by atoms with van der Waals surface area (Å²) in [5.74, 6) is -1.65. The van der Waals surface area contributed by atoms with Gasteiger partial charge in [-0.3, -0.25) is 9.59 Å². The lowest BCUT2D eigenvalue weighted by Crippen LogP contribution is -2.32. The highest BCUT2D eigenvalue weighted by atomic mass is 32.1. The maximum atomic E-state index is 12.0. The van der Waals surface area contributed by atoms with Crippen LogP contribution in [0, 0.1) is 5.92 Å². The number of amides is 1. The predicted molar refractivity (Wildman–Crippen MR) is 78.0 cm³/mol. The summed E-state index contributed by atoms with van der Waals surface area (Å²) in [6.07, 6.45) is 1.34. The van der Waals surface area contributed by atoms with Gasteiger partial charge in [-0.05, 0) is 24.6 Å². The number of thiazole rings is 1. The van der Waals surface area contributed by atoms with Crippen molar-refractivity contribution in [2.75, 3.05) is 6.54 Å². The molecule has 20 heavy (non-hydrogen) atoms. The fraction of sp³-hybridized carbons (Fsp3) is 0.357. The largest absolute Gasteiger partial charge is 0.481 e. The van der Waals surface area contributed by atoms with Crippen LogP contribution in [0.4, 0.5) is 0 Å². The molecule has 2 N–H and O–H groups in total. The third-order valence-electron chi connectivity index (χ3n) is 3.09. The number of benzene rings is 1. The summed E-state index contributed by atoms with van der Waals surface area (Å²) >= 11 is 1.47. The van der Waals surface area contributed by atoms with Gasteiger partial charge in [0.25, 0.3) is 5.91 Å². The van der Waals surface area contributed by atoms with E-state index in [1.807, 2.05) is 6.92 Å². The summed E-state index contributed by atoms with van der Waals surface area (Å²) in [7, 11) is 0. The number of carboxylic acids is 1. The van der Waals surface area contributed by atoms with E-state index in [2.05, 4.69) is 10.3 Å². The zero-order chi connectivity index (χ0) is 14.5. The minimum Gasteiger partial charge on any atom is -0.481 e. The molecule has 1 aromatic heterocycles. The molecule has 1 unspecified atom stereocenters. The zero-order valence-corrected chi connectivity index (χ0v) is 11.9. The summed E-state index contributed by atoms with van der Waals surface area (Å²) in [5, 5.41) is 11.7. The van der Waals surface area contributed by atoms with E-state index in [-0.39, 0.29) is 12.5 Å². The van der Waals surface area contributed by atoms with Crippen molar-refractivity contribution in [3.63, 3.8) is 0 Å².